The van der Waals surface area contributed by atoms with E-state index in [0.717, 1.165) is 31.5 Å². The van der Waals surface area contributed by atoms with E-state index >= 15 is 0 Å². The second-order valence-electron chi connectivity index (χ2n) is 5.94. The SMILES string of the molecule is CC(=O)Nc1cc(C(=O)NC2CCCNC2C)cc(C(F)(F)F)c1. The summed E-state index contributed by atoms with van der Waals surface area (Å²) in [6.07, 6.45) is -2.96. The Morgan fingerprint density at radius 3 is 2.54 bits per heavy atom. The maximum atomic E-state index is 13.0. The lowest BCUT2D eigenvalue weighted by atomic mass is 9.99. The molecule has 8 heteroatoms. The first-order chi connectivity index (χ1) is 11.2. The number of anilines is 1. The Morgan fingerprint density at radius 2 is 1.96 bits per heavy atom. The number of benzene rings is 1. The number of alkyl halides is 3. The molecular weight excluding hydrogens is 323 g/mol. The summed E-state index contributed by atoms with van der Waals surface area (Å²) >= 11 is 0. The molecule has 0 bridgehead atoms. The normalized spacial score (nSPS) is 21.2. The number of amides is 2. The molecule has 1 aliphatic heterocycles. The highest BCUT2D eigenvalue weighted by Crippen LogP contribution is 2.32. The summed E-state index contributed by atoms with van der Waals surface area (Å²) in [6.45, 7) is 3.96. The zero-order valence-corrected chi connectivity index (χ0v) is 13.5. The van der Waals surface area contributed by atoms with Crippen molar-refractivity contribution in [3.05, 3.63) is 29.3 Å². The molecule has 0 aliphatic carbocycles. The van der Waals surface area contributed by atoms with Crippen LogP contribution in [0.5, 0.6) is 0 Å². The summed E-state index contributed by atoms with van der Waals surface area (Å²) in [5.41, 5.74) is -1.17. The van der Waals surface area contributed by atoms with Crippen LogP contribution in [0.4, 0.5) is 18.9 Å². The van der Waals surface area contributed by atoms with Crippen molar-refractivity contribution >= 4 is 17.5 Å². The van der Waals surface area contributed by atoms with Gasteiger partial charge in [0.15, 0.2) is 0 Å². The average molecular weight is 343 g/mol. The summed E-state index contributed by atoms with van der Waals surface area (Å²) in [5.74, 6) is -1.10. The van der Waals surface area contributed by atoms with Crippen molar-refractivity contribution < 1.29 is 22.8 Å². The number of hydrogen-bond acceptors (Lipinski definition) is 3. The smallest absolute Gasteiger partial charge is 0.348 e. The quantitative estimate of drug-likeness (QED) is 0.790. The zero-order valence-electron chi connectivity index (χ0n) is 13.5. The van der Waals surface area contributed by atoms with Gasteiger partial charge in [-0.25, -0.2) is 0 Å². The van der Waals surface area contributed by atoms with Crippen LogP contribution < -0.4 is 16.0 Å². The van der Waals surface area contributed by atoms with E-state index in [1.165, 1.54) is 13.0 Å². The molecule has 2 rings (SSSR count). The Kier molecular flexibility index (Phi) is 5.48. The first-order valence-corrected chi connectivity index (χ1v) is 7.71. The van der Waals surface area contributed by atoms with Gasteiger partial charge in [0.2, 0.25) is 5.91 Å². The Balaban J connectivity index is 2.26. The molecule has 1 saturated heterocycles. The number of halogens is 3. The van der Waals surface area contributed by atoms with E-state index in [4.69, 9.17) is 0 Å². The average Bonchev–Trinajstić information content (AvgIpc) is 2.47. The first kappa shape index (κ1) is 18.3. The van der Waals surface area contributed by atoms with Crippen molar-refractivity contribution in [2.75, 3.05) is 11.9 Å². The van der Waals surface area contributed by atoms with E-state index in [9.17, 15) is 22.8 Å². The molecule has 3 N–H and O–H groups in total. The molecule has 0 saturated carbocycles. The maximum Gasteiger partial charge on any atom is 0.416 e. The van der Waals surface area contributed by atoms with E-state index in [0.29, 0.717) is 0 Å². The third-order valence-corrected chi connectivity index (χ3v) is 3.92. The van der Waals surface area contributed by atoms with Gasteiger partial charge in [0.05, 0.1) is 5.56 Å². The third-order valence-electron chi connectivity index (χ3n) is 3.92. The van der Waals surface area contributed by atoms with Crippen molar-refractivity contribution in [1.29, 1.82) is 0 Å². The molecule has 0 aromatic heterocycles. The minimum absolute atomic E-state index is 0.0447. The van der Waals surface area contributed by atoms with Gasteiger partial charge in [-0.2, -0.15) is 13.2 Å². The monoisotopic (exact) mass is 343 g/mol. The lowest BCUT2D eigenvalue weighted by Crippen LogP contribution is -2.51. The molecule has 1 aromatic carbocycles. The van der Waals surface area contributed by atoms with Gasteiger partial charge in [-0.05, 0) is 44.5 Å². The topological polar surface area (TPSA) is 70.2 Å². The number of hydrogen-bond donors (Lipinski definition) is 3. The fourth-order valence-electron chi connectivity index (χ4n) is 2.69. The van der Waals surface area contributed by atoms with Gasteiger partial charge in [-0.1, -0.05) is 0 Å². The Morgan fingerprint density at radius 1 is 1.25 bits per heavy atom. The van der Waals surface area contributed by atoms with E-state index in [1.807, 2.05) is 6.92 Å². The van der Waals surface area contributed by atoms with Crippen molar-refractivity contribution in [1.82, 2.24) is 10.6 Å². The maximum absolute atomic E-state index is 13.0. The number of carbonyl (C=O) groups is 2. The van der Waals surface area contributed by atoms with Crippen LogP contribution in [0.2, 0.25) is 0 Å². The summed E-state index contributed by atoms with van der Waals surface area (Å²) in [6, 6.07) is 2.74. The zero-order chi connectivity index (χ0) is 17.9. The van der Waals surface area contributed by atoms with Gasteiger partial charge >= 0.3 is 6.18 Å². The number of piperidine rings is 1. The Bertz CT molecular complexity index is 631. The molecule has 2 amide bonds. The third kappa shape index (κ3) is 4.70. The van der Waals surface area contributed by atoms with Crippen LogP contribution >= 0.6 is 0 Å². The van der Waals surface area contributed by atoms with E-state index in [2.05, 4.69) is 16.0 Å². The highest BCUT2D eigenvalue weighted by molar-refractivity contribution is 5.97. The molecule has 0 radical (unpaired) electrons. The molecule has 5 nitrogen and oxygen atoms in total. The minimum atomic E-state index is -4.61. The molecule has 1 fully saturated rings. The number of carbonyl (C=O) groups excluding carboxylic acids is 2. The second-order valence-corrected chi connectivity index (χ2v) is 5.94. The van der Waals surface area contributed by atoms with Gasteiger partial charge in [-0.3, -0.25) is 9.59 Å². The van der Waals surface area contributed by atoms with Crippen LogP contribution in [0, 0.1) is 0 Å². The fraction of sp³-hybridized carbons (Fsp3) is 0.500. The van der Waals surface area contributed by atoms with Gasteiger partial charge < -0.3 is 16.0 Å². The first-order valence-electron chi connectivity index (χ1n) is 7.71. The van der Waals surface area contributed by atoms with Crippen molar-refractivity contribution in [3.8, 4) is 0 Å². The molecule has 132 valence electrons. The van der Waals surface area contributed by atoms with E-state index in [-0.39, 0.29) is 23.3 Å². The molecule has 0 spiro atoms. The molecule has 1 aliphatic rings. The van der Waals surface area contributed by atoms with Crippen molar-refractivity contribution in [3.63, 3.8) is 0 Å². The highest BCUT2D eigenvalue weighted by atomic mass is 19.4. The summed E-state index contributed by atoms with van der Waals surface area (Å²) in [7, 11) is 0. The van der Waals surface area contributed by atoms with Crippen LogP contribution in [-0.4, -0.2) is 30.4 Å². The van der Waals surface area contributed by atoms with Gasteiger partial charge in [0.25, 0.3) is 5.91 Å². The molecule has 1 heterocycles. The summed E-state index contributed by atoms with van der Waals surface area (Å²) < 4.78 is 39.0. The van der Waals surface area contributed by atoms with E-state index in [1.54, 1.807) is 0 Å². The van der Waals surface area contributed by atoms with E-state index < -0.39 is 23.6 Å². The van der Waals surface area contributed by atoms with Crippen LogP contribution in [0.15, 0.2) is 18.2 Å². The number of rotatable bonds is 3. The standard InChI is InChI=1S/C16H20F3N3O2/c1-9-14(4-3-5-20-9)22-15(24)11-6-12(16(17,18)19)8-13(7-11)21-10(2)23/h6-9,14,20H,3-5H2,1-2H3,(H,21,23)(H,22,24). The summed E-state index contributed by atoms with van der Waals surface area (Å²) in [4.78, 5) is 23.5. The van der Waals surface area contributed by atoms with Gasteiger partial charge in [-0.15, -0.1) is 0 Å². The van der Waals surface area contributed by atoms with Crippen LogP contribution in [0.25, 0.3) is 0 Å². The molecule has 2 unspecified atom stereocenters. The Hall–Kier alpha value is -2.09. The summed E-state index contributed by atoms with van der Waals surface area (Å²) in [5, 5.41) is 8.27. The molecular formula is C16H20F3N3O2. The predicted molar refractivity (Wildman–Crippen MR) is 83.7 cm³/mol. The molecule has 24 heavy (non-hydrogen) atoms. The second kappa shape index (κ2) is 7.21. The predicted octanol–water partition coefficient (Wildman–Crippen LogP) is 2.53. The minimum Gasteiger partial charge on any atom is -0.348 e. The molecule has 2 atom stereocenters. The van der Waals surface area contributed by atoms with Crippen LogP contribution in [0.1, 0.15) is 42.6 Å². The van der Waals surface area contributed by atoms with Crippen LogP contribution in [-0.2, 0) is 11.0 Å². The largest absolute Gasteiger partial charge is 0.416 e. The van der Waals surface area contributed by atoms with Crippen LogP contribution in [0.3, 0.4) is 0 Å². The van der Waals surface area contributed by atoms with Crippen molar-refractivity contribution in [2.45, 2.75) is 44.9 Å². The fourth-order valence-corrected chi connectivity index (χ4v) is 2.69. The lowest BCUT2D eigenvalue weighted by Gasteiger charge is -2.30. The van der Waals surface area contributed by atoms with Gasteiger partial charge in [0, 0.05) is 30.3 Å². The number of nitrogens with one attached hydrogen (secondary N) is 3. The Labute approximate surface area is 138 Å². The molecule has 1 aromatic rings. The highest BCUT2D eigenvalue weighted by Gasteiger charge is 2.32. The van der Waals surface area contributed by atoms with Gasteiger partial charge in [0.1, 0.15) is 0 Å². The lowest BCUT2D eigenvalue weighted by molar-refractivity contribution is -0.137. The van der Waals surface area contributed by atoms with Crippen molar-refractivity contribution in [2.24, 2.45) is 0 Å².